The van der Waals surface area contributed by atoms with Gasteiger partial charge < -0.3 is 10.4 Å². The molecule has 0 saturated carbocycles. The summed E-state index contributed by atoms with van der Waals surface area (Å²) in [6.45, 7) is 0. The summed E-state index contributed by atoms with van der Waals surface area (Å²) in [5.74, 6) is -1.09. The summed E-state index contributed by atoms with van der Waals surface area (Å²) in [6, 6.07) is 9.64. The highest BCUT2D eigenvalue weighted by atomic mass is 35.5. The number of benzene rings is 2. The predicted octanol–water partition coefficient (Wildman–Crippen LogP) is 5.00. The third kappa shape index (κ3) is 2.29. The summed E-state index contributed by atoms with van der Waals surface area (Å²) in [6.07, 6.45) is 4.95. The van der Waals surface area contributed by atoms with Crippen LogP contribution in [0.5, 0.6) is 0 Å². The van der Waals surface area contributed by atoms with Crippen molar-refractivity contribution in [2.75, 3.05) is 5.32 Å². The summed E-state index contributed by atoms with van der Waals surface area (Å²) in [7, 11) is 0. The summed E-state index contributed by atoms with van der Waals surface area (Å²) < 4.78 is 14.3. The van der Waals surface area contributed by atoms with Crippen molar-refractivity contribution in [3.8, 4) is 0 Å². The van der Waals surface area contributed by atoms with Crippen LogP contribution in [-0.2, 0) is 0 Å². The van der Waals surface area contributed by atoms with Crippen molar-refractivity contribution in [3.63, 3.8) is 0 Å². The van der Waals surface area contributed by atoms with E-state index in [-0.39, 0.29) is 29.3 Å². The number of allylic oxidation sites excluding steroid dienone is 2. The standard InChI is InChI=1S/C19H15ClFNO2/c20-15-9-10(19(23)24)8-14-11-5-3-6-12(11)17(22-18(14)15)13-4-1-2-7-16(13)21/h1-5,7-9,11-12,17,22H,6H2,(H,23,24)/t11-,12-,17+/m1/s1. The predicted molar refractivity (Wildman–Crippen MR) is 91.2 cm³/mol. The van der Waals surface area contributed by atoms with Crippen LogP contribution in [0.25, 0.3) is 0 Å². The first-order valence-corrected chi connectivity index (χ1v) is 8.18. The van der Waals surface area contributed by atoms with Gasteiger partial charge in [-0.3, -0.25) is 0 Å². The highest BCUT2D eigenvalue weighted by molar-refractivity contribution is 6.33. The second kappa shape index (κ2) is 5.64. The molecule has 2 aromatic rings. The highest BCUT2D eigenvalue weighted by Crippen LogP contribution is 2.52. The minimum absolute atomic E-state index is 0.0302. The molecule has 5 heteroatoms. The van der Waals surface area contributed by atoms with Crippen molar-refractivity contribution < 1.29 is 14.3 Å². The molecular formula is C19H15ClFNO2. The molecule has 2 aromatic carbocycles. The van der Waals surface area contributed by atoms with E-state index in [1.165, 1.54) is 12.1 Å². The van der Waals surface area contributed by atoms with Crippen LogP contribution < -0.4 is 5.32 Å². The number of rotatable bonds is 2. The van der Waals surface area contributed by atoms with Crippen molar-refractivity contribution in [1.29, 1.82) is 0 Å². The van der Waals surface area contributed by atoms with Gasteiger partial charge >= 0.3 is 5.97 Å². The average molecular weight is 344 g/mol. The minimum Gasteiger partial charge on any atom is -0.478 e. The molecule has 0 spiro atoms. The van der Waals surface area contributed by atoms with E-state index in [1.54, 1.807) is 18.2 Å². The molecular weight excluding hydrogens is 329 g/mol. The van der Waals surface area contributed by atoms with Crippen LogP contribution in [-0.4, -0.2) is 11.1 Å². The lowest BCUT2D eigenvalue weighted by Gasteiger charge is -2.38. The Hall–Kier alpha value is -2.33. The number of carbonyl (C=O) groups is 1. The summed E-state index contributed by atoms with van der Waals surface area (Å²) in [5.41, 5.74) is 2.35. The van der Waals surface area contributed by atoms with Gasteiger partial charge in [-0.2, -0.15) is 0 Å². The zero-order chi connectivity index (χ0) is 16.8. The number of fused-ring (bicyclic) bond motifs is 3. The molecule has 0 unspecified atom stereocenters. The zero-order valence-electron chi connectivity index (χ0n) is 12.7. The third-order valence-electron chi connectivity index (χ3n) is 4.91. The number of aromatic carboxylic acids is 1. The maximum absolute atomic E-state index is 14.3. The van der Waals surface area contributed by atoms with Gasteiger partial charge in [0.15, 0.2) is 0 Å². The van der Waals surface area contributed by atoms with E-state index >= 15 is 0 Å². The molecule has 0 fully saturated rings. The largest absolute Gasteiger partial charge is 0.478 e. The van der Waals surface area contributed by atoms with E-state index in [0.717, 1.165) is 12.0 Å². The maximum Gasteiger partial charge on any atom is 0.335 e. The molecule has 122 valence electrons. The fourth-order valence-electron chi connectivity index (χ4n) is 3.81. The van der Waals surface area contributed by atoms with E-state index in [9.17, 15) is 14.3 Å². The Bertz CT molecular complexity index is 864. The molecule has 1 heterocycles. The fourth-order valence-corrected chi connectivity index (χ4v) is 4.10. The van der Waals surface area contributed by atoms with E-state index in [0.29, 0.717) is 16.3 Å². The summed E-state index contributed by atoms with van der Waals surface area (Å²) in [5, 5.41) is 13.0. The lowest BCUT2D eigenvalue weighted by Crippen LogP contribution is -2.30. The van der Waals surface area contributed by atoms with Gasteiger partial charge in [-0.1, -0.05) is 42.0 Å². The molecule has 3 atom stereocenters. The Balaban J connectivity index is 1.85. The maximum atomic E-state index is 14.3. The smallest absolute Gasteiger partial charge is 0.335 e. The lowest BCUT2D eigenvalue weighted by atomic mass is 9.76. The SMILES string of the molecule is O=C(O)c1cc(Cl)c2c(c1)[C@@H]1C=CC[C@H]1[C@@H](c1ccccc1F)N2. The van der Waals surface area contributed by atoms with Gasteiger partial charge in [-0.25, -0.2) is 9.18 Å². The van der Waals surface area contributed by atoms with Gasteiger partial charge in [0, 0.05) is 11.5 Å². The van der Waals surface area contributed by atoms with Crippen LogP contribution in [0.4, 0.5) is 10.1 Å². The summed E-state index contributed by atoms with van der Waals surface area (Å²) >= 11 is 6.33. The monoisotopic (exact) mass is 343 g/mol. The normalized spacial score (nSPS) is 24.2. The minimum atomic E-state index is -1.01. The topological polar surface area (TPSA) is 49.3 Å². The molecule has 2 aliphatic rings. The number of nitrogens with one attached hydrogen (secondary N) is 1. The van der Waals surface area contributed by atoms with E-state index < -0.39 is 5.97 Å². The molecule has 3 nitrogen and oxygen atoms in total. The van der Waals surface area contributed by atoms with Gasteiger partial charge in [0.2, 0.25) is 0 Å². The Morgan fingerprint density at radius 1 is 1.25 bits per heavy atom. The molecule has 1 aliphatic carbocycles. The molecule has 0 radical (unpaired) electrons. The van der Waals surface area contributed by atoms with E-state index in [2.05, 4.69) is 17.5 Å². The Kier molecular flexibility index (Phi) is 3.57. The number of halogens is 2. The number of carboxylic acid groups (broad SMARTS) is 1. The van der Waals surface area contributed by atoms with Crippen molar-refractivity contribution >= 4 is 23.3 Å². The van der Waals surface area contributed by atoms with E-state index in [1.807, 2.05) is 6.07 Å². The molecule has 1 aliphatic heterocycles. The first-order valence-electron chi connectivity index (χ1n) is 7.80. The van der Waals surface area contributed by atoms with Gasteiger partial charge in [0.05, 0.1) is 22.3 Å². The van der Waals surface area contributed by atoms with Crippen LogP contribution in [0.15, 0.2) is 48.6 Å². The second-order valence-corrected chi connectivity index (χ2v) is 6.63. The van der Waals surface area contributed by atoms with E-state index in [4.69, 9.17) is 11.6 Å². The van der Waals surface area contributed by atoms with Crippen LogP contribution in [0.2, 0.25) is 5.02 Å². The highest BCUT2D eigenvalue weighted by Gasteiger charge is 2.40. The van der Waals surface area contributed by atoms with Crippen molar-refractivity contribution in [1.82, 2.24) is 0 Å². The number of hydrogen-bond donors (Lipinski definition) is 2. The van der Waals surface area contributed by atoms with Gasteiger partial charge in [-0.05, 0) is 36.1 Å². The first kappa shape index (κ1) is 15.2. The van der Waals surface area contributed by atoms with Crippen LogP contribution in [0.1, 0.15) is 39.9 Å². The van der Waals surface area contributed by atoms with Gasteiger partial charge in [0.25, 0.3) is 0 Å². The molecule has 2 N–H and O–H groups in total. The van der Waals surface area contributed by atoms with Crippen molar-refractivity contribution in [2.45, 2.75) is 18.4 Å². The fraction of sp³-hybridized carbons (Fsp3) is 0.211. The number of carboxylic acids is 1. The van der Waals surface area contributed by atoms with Crippen LogP contribution >= 0.6 is 11.6 Å². The molecule has 0 amide bonds. The van der Waals surface area contributed by atoms with Crippen LogP contribution in [0.3, 0.4) is 0 Å². The van der Waals surface area contributed by atoms with Crippen molar-refractivity contribution in [2.24, 2.45) is 5.92 Å². The van der Waals surface area contributed by atoms with Crippen LogP contribution in [0, 0.1) is 11.7 Å². The number of hydrogen-bond acceptors (Lipinski definition) is 2. The molecule has 0 saturated heterocycles. The summed E-state index contributed by atoms with van der Waals surface area (Å²) in [4.78, 5) is 11.3. The first-order chi connectivity index (χ1) is 11.6. The lowest BCUT2D eigenvalue weighted by molar-refractivity contribution is 0.0696. The molecule has 0 bridgehead atoms. The second-order valence-electron chi connectivity index (χ2n) is 6.22. The molecule has 24 heavy (non-hydrogen) atoms. The van der Waals surface area contributed by atoms with Gasteiger partial charge in [0.1, 0.15) is 5.82 Å². The van der Waals surface area contributed by atoms with Gasteiger partial charge in [-0.15, -0.1) is 0 Å². The Morgan fingerprint density at radius 2 is 2.04 bits per heavy atom. The zero-order valence-corrected chi connectivity index (χ0v) is 13.4. The Labute approximate surface area is 143 Å². The Morgan fingerprint density at radius 3 is 2.79 bits per heavy atom. The number of anilines is 1. The third-order valence-corrected chi connectivity index (χ3v) is 5.21. The quantitative estimate of drug-likeness (QED) is 0.754. The average Bonchev–Trinajstić information content (AvgIpc) is 3.05. The molecule has 0 aromatic heterocycles. The van der Waals surface area contributed by atoms with Crippen molar-refractivity contribution in [3.05, 3.63) is 76.1 Å². The molecule has 4 rings (SSSR count).